The number of rotatable bonds is 9. The highest BCUT2D eigenvalue weighted by atomic mass is 19.4. The highest BCUT2D eigenvalue weighted by Crippen LogP contribution is 2.32. The van der Waals surface area contributed by atoms with Gasteiger partial charge in [-0.3, -0.25) is 10.1 Å². The molecule has 3 N–H and O–H groups in total. The molecule has 1 fully saturated rings. The van der Waals surface area contributed by atoms with Crippen LogP contribution in [0.5, 0.6) is 0 Å². The van der Waals surface area contributed by atoms with Crippen molar-refractivity contribution in [1.29, 1.82) is 0 Å². The predicted octanol–water partition coefficient (Wildman–Crippen LogP) is 9.12. The maximum absolute atomic E-state index is 13.2. The molecular formula is C37H42F3N3O3. The number of methoxy groups -OCH3 is 1. The zero-order chi connectivity index (χ0) is 31.1. The number of esters is 1. The number of carbonyl (C=O) groups is 2. The lowest BCUT2D eigenvalue weighted by Gasteiger charge is -2.32. The summed E-state index contributed by atoms with van der Waals surface area (Å²) >= 11 is 0. The highest BCUT2D eigenvalue weighted by molar-refractivity contribution is 6.08. The summed E-state index contributed by atoms with van der Waals surface area (Å²) in [5.74, 6) is -0.653. The minimum atomic E-state index is -4.43. The van der Waals surface area contributed by atoms with E-state index in [9.17, 15) is 22.8 Å². The van der Waals surface area contributed by atoms with Crippen LogP contribution in [-0.4, -0.2) is 31.1 Å². The zero-order valence-corrected chi connectivity index (χ0v) is 24.2. The molecule has 5 rings (SSSR count). The summed E-state index contributed by atoms with van der Waals surface area (Å²) in [6.45, 7) is 0. The van der Waals surface area contributed by atoms with Gasteiger partial charge < -0.3 is 15.4 Å². The van der Waals surface area contributed by atoms with Crippen LogP contribution in [-0.2, 0) is 15.7 Å². The molecular weight excluding hydrogens is 591 g/mol. The standard InChI is InChI=1S/C35H34F3N3O3.2CH4/c1-44-34(43)32(24-7-3-2-4-8-24)40-28-19-15-26(16-20-28)39-27-17-21-29(22-18-27)41-33(42)31-10-6-5-9-30(31)23-11-13-25(14-12-23)35(36,37)38;;/h2-14,17-18,21-22,26,28,32,39-40H,15-16,19-20H2,1H3,(H,41,42);2*1H4. The Morgan fingerprint density at radius 3 is 1.91 bits per heavy atom. The monoisotopic (exact) mass is 633 g/mol. The molecule has 1 unspecified atom stereocenters. The maximum Gasteiger partial charge on any atom is 0.416 e. The first-order valence-electron chi connectivity index (χ1n) is 14.5. The molecule has 0 saturated heterocycles. The lowest BCUT2D eigenvalue weighted by Crippen LogP contribution is -2.41. The molecule has 1 amide bonds. The molecule has 4 aromatic rings. The third-order valence-corrected chi connectivity index (χ3v) is 7.91. The lowest BCUT2D eigenvalue weighted by atomic mass is 9.90. The molecule has 0 heterocycles. The number of hydrogen-bond donors (Lipinski definition) is 3. The van der Waals surface area contributed by atoms with E-state index in [0.29, 0.717) is 22.4 Å². The van der Waals surface area contributed by atoms with Crippen molar-refractivity contribution < 1.29 is 27.5 Å². The fraction of sp³-hybridized carbons (Fsp3) is 0.297. The molecule has 0 spiro atoms. The molecule has 4 aromatic carbocycles. The van der Waals surface area contributed by atoms with Crippen molar-refractivity contribution in [3.05, 3.63) is 120 Å². The maximum atomic E-state index is 13.2. The number of anilines is 2. The third kappa shape index (κ3) is 8.97. The molecule has 1 aliphatic carbocycles. The van der Waals surface area contributed by atoms with Crippen LogP contribution in [0.2, 0.25) is 0 Å². The molecule has 0 aliphatic heterocycles. The fourth-order valence-electron chi connectivity index (χ4n) is 5.56. The summed E-state index contributed by atoms with van der Waals surface area (Å²) in [6, 6.07) is 28.6. The number of alkyl halides is 3. The fourth-order valence-corrected chi connectivity index (χ4v) is 5.56. The van der Waals surface area contributed by atoms with Gasteiger partial charge in [-0.05, 0) is 84.8 Å². The number of halogens is 3. The first-order valence-corrected chi connectivity index (χ1v) is 14.5. The van der Waals surface area contributed by atoms with Gasteiger partial charge in [-0.1, -0.05) is 75.5 Å². The van der Waals surface area contributed by atoms with Crippen molar-refractivity contribution in [1.82, 2.24) is 5.32 Å². The molecule has 1 aliphatic rings. The van der Waals surface area contributed by atoms with E-state index < -0.39 is 17.8 Å². The van der Waals surface area contributed by atoms with Gasteiger partial charge in [0.1, 0.15) is 6.04 Å². The Morgan fingerprint density at radius 1 is 0.739 bits per heavy atom. The summed E-state index contributed by atoms with van der Waals surface area (Å²) in [7, 11) is 1.40. The number of hydrogen-bond acceptors (Lipinski definition) is 5. The van der Waals surface area contributed by atoms with Gasteiger partial charge in [0, 0.05) is 29.0 Å². The average Bonchev–Trinajstić information content (AvgIpc) is 3.05. The second kappa shape index (κ2) is 16.1. The van der Waals surface area contributed by atoms with Gasteiger partial charge in [-0.15, -0.1) is 0 Å². The van der Waals surface area contributed by atoms with Crippen LogP contribution in [0.3, 0.4) is 0 Å². The van der Waals surface area contributed by atoms with Crippen LogP contribution < -0.4 is 16.0 Å². The summed E-state index contributed by atoms with van der Waals surface area (Å²) in [6.07, 6.45) is -0.751. The zero-order valence-electron chi connectivity index (χ0n) is 24.2. The second-order valence-corrected chi connectivity index (χ2v) is 10.9. The minimum absolute atomic E-state index is 0. The Bertz CT molecular complexity index is 1550. The van der Waals surface area contributed by atoms with Gasteiger partial charge in [0.25, 0.3) is 5.91 Å². The normalized spacial score (nSPS) is 16.6. The van der Waals surface area contributed by atoms with E-state index in [1.54, 1.807) is 24.3 Å². The second-order valence-electron chi connectivity index (χ2n) is 10.9. The van der Waals surface area contributed by atoms with Crippen LogP contribution in [0.15, 0.2) is 103 Å². The van der Waals surface area contributed by atoms with Crippen LogP contribution in [0.4, 0.5) is 24.5 Å². The summed E-state index contributed by atoms with van der Waals surface area (Å²) in [4.78, 5) is 25.6. The van der Waals surface area contributed by atoms with Crippen molar-refractivity contribution in [3.8, 4) is 11.1 Å². The molecule has 0 bridgehead atoms. The number of amides is 1. The van der Waals surface area contributed by atoms with Gasteiger partial charge in [0.05, 0.1) is 12.7 Å². The summed E-state index contributed by atoms with van der Waals surface area (Å²) < 4.78 is 44.0. The summed E-state index contributed by atoms with van der Waals surface area (Å²) in [5, 5.41) is 9.94. The smallest absolute Gasteiger partial charge is 0.416 e. The highest BCUT2D eigenvalue weighted by Gasteiger charge is 2.30. The Hall–Kier alpha value is -4.63. The molecule has 46 heavy (non-hydrogen) atoms. The van der Waals surface area contributed by atoms with Crippen molar-refractivity contribution in [2.75, 3.05) is 17.7 Å². The van der Waals surface area contributed by atoms with E-state index in [2.05, 4.69) is 16.0 Å². The Balaban J connectivity index is 0.00000288. The molecule has 0 aromatic heterocycles. The van der Waals surface area contributed by atoms with Gasteiger partial charge >= 0.3 is 12.1 Å². The Morgan fingerprint density at radius 2 is 1.30 bits per heavy atom. The number of benzene rings is 4. The van der Waals surface area contributed by atoms with E-state index >= 15 is 0 Å². The van der Waals surface area contributed by atoms with Crippen molar-refractivity contribution in [2.45, 2.75) is 64.8 Å². The van der Waals surface area contributed by atoms with E-state index in [1.165, 1.54) is 19.2 Å². The number of carbonyl (C=O) groups excluding carboxylic acids is 2. The Labute approximate surface area is 269 Å². The molecule has 244 valence electrons. The SMILES string of the molecule is C.C.COC(=O)C(NC1CCC(Nc2ccc(NC(=O)c3ccccc3-c3ccc(C(F)(F)F)cc3)cc2)CC1)c1ccccc1. The first kappa shape index (κ1) is 35.8. The number of nitrogens with one attached hydrogen (secondary N) is 3. The molecule has 9 heteroatoms. The van der Waals surface area contributed by atoms with Crippen LogP contribution in [0.1, 0.15) is 68.1 Å². The Kier molecular flexibility index (Phi) is 12.5. The van der Waals surface area contributed by atoms with E-state index in [0.717, 1.165) is 49.1 Å². The first-order chi connectivity index (χ1) is 21.2. The van der Waals surface area contributed by atoms with E-state index in [-0.39, 0.29) is 38.8 Å². The average molecular weight is 634 g/mol. The van der Waals surface area contributed by atoms with E-state index in [1.807, 2.05) is 54.6 Å². The predicted molar refractivity (Wildman–Crippen MR) is 179 cm³/mol. The lowest BCUT2D eigenvalue weighted by molar-refractivity contribution is -0.143. The topological polar surface area (TPSA) is 79.5 Å². The molecule has 0 radical (unpaired) electrons. The van der Waals surface area contributed by atoms with E-state index in [4.69, 9.17) is 4.74 Å². The molecule has 1 saturated carbocycles. The van der Waals surface area contributed by atoms with Gasteiger partial charge in [-0.25, -0.2) is 4.79 Å². The van der Waals surface area contributed by atoms with Crippen LogP contribution in [0, 0.1) is 0 Å². The quantitative estimate of drug-likeness (QED) is 0.160. The third-order valence-electron chi connectivity index (χ3n) is 7.91. The molecule has 6 nitrogen and oxygen atoms in total. The van der Waals surface area contributed by atoms with Crippen LogP contribution in [0.25, 0.3) is 11.1 Å². The number of ether oxygens (including phenoxy) is 1. The van der Waals surface area contributed by atoms with Crippen molar-refractivity contribution >= 4 is 23.3 Å². The summed E-state index contributed by atoms with van der Waals surface area (Å²) in [5.41, 5.74) is 3.11. The van der Waals surface area contributed by atoms with Crippen molar-refractivity contribution in [2.24, 2.45) is 0 Å². The molecule has 1 atom stereocenters. The van der Waals surface area contributed by atoms with Crippen LogP contribution >= 0.6 is 0 Å². The van der Waals surface area contributed by atoms with Gasteiger partial charge in [0.15, 0.2) is 0 Å². The van der Waals surface area contributed by atoms with Gasteiger partial charge in [-0.2, -0.15) is 13.2 Å². The van der Waals surface area contributed by atoms with Gasteiger partial charge in [0.2, 0.25) is 0 Å². The largest absolute Gasteiger partial charge is 0.468 e. The minimum Gasteiger partial charge on any atom is -0.468 e. The van der Waals surface area contributed by atoms with Crippen molar-refractivity contribution in [3.63, 3.8) is 0 Å².